The third-order valence-electron chi connectivity index (χ3n) is 4.72. The van der Waals surface area contributed by atoms with E-state index in [0.29, 0.717) is 16.6 Å². The van der Waals surface area contributed by atoms with Gasteiger partial charge >= 0.3 is 0 Å². The largest absolute Gasteiger partial charge is 0.322 e. The zero-order valence-corrected chi connectivity index (χ0v) is 18.5. The molecule has 0 saturated carbocycles. The van der Waals surface area contributed by atoms with Gasteiger partial charge in [-0.1, -0.05) is 53.0 Å². The number of rotatable bonds is 6. The Bertz CT molecular complexity index is 1030. The third-order valence-corrected chi connectivity index (χ3v) is 5.58. The summed E-state index contributed by atoms with van der Waals surface area (Å²) < 4.78 is 1.85. The fraction of sp³-hybridized carbons (Fsp3) is 0.273. The maximum Gasteiger partial charge on any atom is 0.238 e. The number of hydrogen-bond donors (Lipinski definition) is 1. The molecule has 1 N–H and O–H groups in total. The van der Waals surface area contributed by atoms with Crippen molar-refractivity contribution in [3.63, 3.8) is 0 Å². The Hall–Kier alpha value is -2.34. The van der Waals surface area contributed by atoms with Gasteiger partial charge in [0.25, 0.3) is 0 Å². The minimum atomic E-state index is -0.111. The van der Waals surface area contributed by atoms with E-state index >= 15 is 0 Å². The lowest BCUT2D eigenvalue weighted by atomic mass is 10.2. The molecule has 0 atom stereocenters. The second kappa shape index (κ2) is 8.99. The number of halogens is 2. The Kier molecular flexibility index (Phi) is 6.63. The van der Waals surface area contributed by atoms with Crippen molar-refractivity contribution in [2.45, 2.75) is 27.3 Å². The number of aryl methyl sites for hydroxylation is 2. The van der Waals surface area contributed by atoms with Crippen LogP contribution in [0, 0.1) is 20.8 Å². The molecular weight excluding hydrogens is 407 g/mol. The van der Waals surface area contributed by atoms with Crippen molar-refractivity contribution < 1.29 is 4.79 Å². The van der Waals surface area contributed by atoms with E-state index in [2.05, 4.69) is 10.4 Å². The number of nitrogens with zero attached hydrogens (tertiary/aromatic N) is 3. The lowest BCUT2D eigenvalue weighted by Gasteiger charge is -2.17. The highest BCUT2D eigenvalue weighted by Gasteiger charge is 2.17. The van der Waals surface area contributed by atoms with Gasteiger partial charge in [0, 0.05) is 6.54 Å². The molecule has 1 amide bonds. The second-order valence-corrected chi connectivity index (χ2v) is 8.01. The predicted molar refractivity (Wildman–Crippen MR) is 119 cm³/mol. The molecule has 7 heteroatoms. The third kappa shape index (κ3) is 4.99. The number of carbonyl (C=O) groups is 1. The number of amides is 1. The van der Waals surface area contributed by atoms with Crippen molar-refractivity contribution in [1.29, 1.82) is 0 Å². The maximum absolute atomic E-state index is 12.6. The van der Waals surface area contributed by atoms with E-state index in [9.17, 15) is 4.79 Å². The van der Waals surface area contributed by atoms with Crippen molar-refractivity contribution in [3.8, 4) is 5.69 Å². The number of nitrogens with one attached hydrogen (secondary N) is 1. The fourth-order valence-corrected chi connectivity index (χ4v) is 3.58. The average Bonchev–Trinajstić information content (AvgIpc) is 2.94. The molecule has 0 unspecified atom stereocenters. The van der Waals surface area contributed by atoms with Gasteiger partial charge in [0.2, 0.25) is 5.91 Å². The Labute approximate surface area is 181 Å². The Morgan fingerprint density at radius 3 is 2.48 bits per heavy atom. The summed E-state index contributed by atoms with van der Waals surface area (Å²) in [6.45, 7) is 6.63. The molecule has 0 saturated heterocycles. The first-order valence-electron chi connectivity index (χ1n) is 9.31. The van der Waals surface area contributed by atoms with Gasteiger partial charge in [0.05, 0.1) is 39.4 Å². The number of carbonyl (C=O) groups excluding carboxylic acids is 1. The minimum absolute atomic E-state index is 0.111. The second-order valence-electron chi connectivity index (χ2n) is 7.23. The Balaban J connectivity index is 1.69. The molecule has 0 aliphatic rings. The van der Waals surface area contributed by atoms with E-state index in [1.165, 1.54) is 5.56 Å². The molecule has 0 fully saturated rings. The van der Waals surface area contributed by atoms with Crippen LogP contribution in [0.15, 0.2) is 42.5 Å². The average molecular weight is 431 g/mol. The molecule has 1 aromatic heterocycles. The summed E-state index contributed by atoms with van der Waals surface area (Å²) in [6.07, 6.45) is 0. The highest BCUT2D eigenvalue weighted by molar-refractivity contribution is 6.42. The molecule has 5 nitrogen and oxygen atoms in total. The summed E-state index contributed by atoms with van der Waals surface area (Å²) in [4.78, 5) is 14.5. The minimum Gasteiger partial charge on any atom is -0.322 e. The van der Waals surface area contributed by atoms with Crippen LogP contribution in [-0.4, -0.2) is 34.2 Å². The van der Waals surface area contributed by atoms with E-state index < -0.39 is 0 Å². The van der Waals surface area contributed by atoms with Gasteiger partial charge < -0.3 is 5.32 Å². The van der Waals surface area contributed by atoms with Gasteiger partial charge in [0.1, 0.15) is 0 Å². The van der Waals surface area contributed by atoms with Gasteiger partial charge in [-0.05, 0) is 51.6 Å². The van der Waals surface area contributed by atoms with Gasteiger partial charge in [-0.25, -0.2) is 4.68 Å². The maximum atomic E-state index is 12.6. The van der Waals surface area contributed by atoms with Crippen LogP contribution < -0.4 is 5.32 Å². The summed E-state index contributed by atoms with van der Waals surface area (Å²) in [5.41, 5.74) is 5.44. The molecule has 1 heterocycles. The highest BCUT2D eigenvalue weighted by atomic mass is 35.5. The normalized spacial score (nSPS) is 11.1. The van der Waals surface area contributed by atoms with Gasteiger partial charge in [-0.2, -0.15) is 5.10 Å². The number of likely N-dealkylation sites (N-methyl/N-ethyl adjacent to an activating group) is 1. The zero-order valence-electron chi connectivity index (χ0n) is 17.0. The van der Waals surface area contributed by atoms with Crippen LogP contribution in [0.25, 0.3) is 5.69 Å². The molecule has 3 aromatic rings. The van der Waals surface area contributed by atoms with E-state index in [-0.39, 0.29) is 12.5 Å². The van der Waals surface area contributed by atoms with Crippen molar-refractivity contribution in [1.82, 2.24) is 14.7 Å². The summed E-state index contributed by atoms with van der Waals surface area (Å²) in [5.74, 6) is -0.111. The highest BCUT2D eigenvalue weighted by Crippen LogP contribution is 2.26. The number of hydrogen-bond acceptors (Lipinski definition) is 3. The van der Waals surface area contributed by atoms with Crippen LogP contribution in [0.4, 0.5) is 5.69 Å². The molecule has 29 heavy (non-hydrogen) atoms. The molecule has 0 radical (unpaired) electrons. The predicted octanol–water partition coefficient (Wildman–Crippen LogP) is 5.17. The fourth-order valence-electron chi connectivity index (χ4n) is 3.20. The van der Waals surface area contributed by atoms with Crippen LogP contribution in [0.5, 0.6) is 0 Å². The van der Waals surface area contributed by atoms with Crippen LogP contribution >= 0.6 is 23.2 Å². The van der Waals surface area contributed by atoms with Crippen molar-refractivity contribution >= 4 is 34.8 Å². The topological polar surface area (TPSA) is 50.2 Å². The number of benzene rings is 2. The lowest BCUT2D eigenvalue weighted by molar-refractivity contribution is -0.117. The van der Waals surface area contributed by atoms with E-state index in [0.717, 1.165) is 28.3 Å². The van der Waals surface area contributed by atoms with Crippen molar-refractivity contribution in [2.75, 3.05) is 18.9 Å². The van der Waals surface area contributed by atoms with Crippen LogP contribution in [0.2, 0.25) is 10.0 Å². The first-order valence-corrected chi connectivity index (χ1v) is 10.1. The van der Waals surface area contributed by atoms with Crippen LogP contribution in [-0.2, 0) is 11.3 Å². The van der Waals surface area contributed by atoms with Gasteiger partial charge in [-0.15, -0.1) is 0 Å². The molecule has 152 valence electrons. The van der Waals surface area contributed by atoms with Crippen molar-refractivity contribution in [2.24, 2.45) is 0 Å². The summed E-state index contributed by atoms with van der Waals surface area (Å²) in [6, 6.07) is 13.6. The van der Waals surface area contributed by atoms with E-state index in [4.69, 9.17) is 23.2 Å². The summed E-state index contributed by atoms with van der Waals surface area (Å²) in [5, 5.41) is 8.62. The molecule has 0 aliphatic carbocycles. The summed E-state index contributed by atoms with van der Waals surface area (Å²) in [7, 11) is 1.87. The molecular formula is C22H24Cl2N4O. The Morgan fingerprint density at radius 1 is 1.10 bits per heavy atom. The monoisotopic (exact) mass is 430 g/mol. The first-order chi connectivity index (χ1) is 13.8. The number of anilines is 1. The smallest absolute Gasteiger partial charge is 0.238 e. The van der Waals surface area contributed by atoms with Crippen molar-refractivity contribution in [3.05, 3.63) is 75.0 Å². The number of aromatic nitrogens is 2. The quantitative estimate of drug-likeness (QED) is 0.586. The van der Waals surface area contributed by atoms with Crippen LogP contribution in [0.1, 0.15) is 22.5 Å². The molecule has 2 aromatic carbocycles. The molecule has 0 bridgehead atoms. The first kappa shape index (κ1) is 21.4. The van der Waals surface area contributed by atoms with E-state index in [1.807, 2.05) is 73.8 Å². The standard InChI is InChI=1S/C22H24Cl2N4O/c1-14-8-10-18(11-9-14)28-16(3)22(15(2)26-28)25-20(29)13-27(4)12-17-6-5-7-19(23)21(17)24/h5-11H,12-13H2,1-4H3,(H,25,29). The van der Waals surface area contributed by atoms with E-state index in [1.54, 1.807) is 6.07 Å². The molecule has 0 spiro atoms. The SMILES string of the molecule is Cc1ccc(-n2nc(C)c(NC(=O)CN(C)Cc3cccc(Cl)c3Cl)c2C)cc1. The Morgan fingerprint density at radius 2 is 1.79 bits per heavy atom. The van der Waals surface area contributed by atoms with Gasteiger partial charge in [-0.3, -0.25) is 9.69 Å². The lowest BCUT2D eigenvalue weighted by Crippen LogP contribution is -2.30. The molecule has 3 rings (SSSR count). The van der Waals surface area contributed by atoms with Crippen LogP contribution in [0.3, 0.4) is 0 Å². The summed E-state index contributed by atoms with van der Waals surface area (Å²) >= 11 is 12.3. The van der Waals surface area contributed by atoms with Gasteiger partial charge in [0.15, 0.2) is 0 Å². The molecule has 0 aliphatic heterocycles. The zero-order chi connectivity index (χ0) is 21.1.